The van der Waals surface area contributed by atoms with Gasteiger partial charge in [0.1, 0.15) is 0 Å². The molecule has 2 aromatic rings. The summed E-state index contributed by atoms with van der Waals surface area (Å²) < 4.78 is 0. The number of nitrogens with one attached hydrogen (secondary N) is 1. The lowest BCUT2D eigenvalue weighted by Crippen LogP contribution is -2.27. The van der Waals surface area contributed by atoms with Crippen LogP contribution in [0.15, 0.2) is 30.3 Å². The Morgan fingerprint density at radius 2 is 1.85 bits per heavy atom. The van der Waals surface area contributed by atoms with E-state index in [1.807, 2.05) is 6.92 Å². The highest BCUT2D eigenvalue weighted by Crippen LogP contribution is 2.19. The van der Waals surface area contributed by atoms with Crippen LogP contribution in [0.4, 0.5) is 0 Å². The van der Waals surface area contributed by atoms with Crippen molar-refractivity contribution < 1.29 is 0 Å². The van der Waals surface area contributed by atoms with Crippen LogP contribution in [0.3, 0.4) is 0 Å². The summed E-state index contributed by atoms with van der Waals surface area (Å²) in [6.07, 6.45) is 8.29. The van der Waals surface area contributed by atoms with Crippen molar-refractivity contribution in [2.24, 2.45) is 0 Å². The predicted molar refractivity (Wildman–Crippen MR) is 84.8 cm³/mol. The van der Waals surface area contributed by atoms with Crippen molar-refractivity contribution in [3.05, 3.63) is 41.6 Å². The van der Waals surface area contributed by atoms with Crippen LogP contribution in [0.5, 0.6) is 0 Å². The molecule has 3 rings (SSSR count). The number of aryl methyl sites for hydroxylation is 1. The molecule has 1 aliphatic carbocycles. The van der Waals surface area contributed by atoms with Crippen LogP contribution in [-0.2, 0) is 6.54 Å². The lowest BCUT2D eigenvalue weighted by atomic mass is 10.1. The molecule has 0 aliphatic heterocycles. The fourth-order valence-corrected chi connectivity index (χ4v) is 3.13. The third-order valence-corrected chi connectivity index (χ3v) is 4.34. The second-order valence-electron chi connectivity index (χ2n) is 6.05. The molecule has 1 N–H and O–H groups in total. The molecule has 0 radical (unpaired) electrons. The molecule has 20 heavy (non-hydrogen) atoms. The Bertz CT molecular complexity index is 569. The number of pyridine rings is 1. The number of aromatic nitrogens is 1. The Hall–Kier alpha value is -1.41. The van der Waals surface area contributed by atoms with Crippen LogP contribution in [0, 0.1) is 6.92 Å². The molecule has 0 atom stereocenters. The molecule has 2 nitrogen and oxygen atoms in total. The van der Waals surface area contributed by atoms with Gasteiger partial charge in [-0.25, -0.2) is 0 Å². The number of hydrogen-bond donors (Lipinski definition) is 1. The average molecular weight is 268 g/mol. The summed E-state index contributed by atoms with van der Waals surface area (Å²) in [5, 5.41) is 4.98. The Morgan fingerprint density at radius 3 is 2.65 bits per heavy atom. The van der Waals surface area contributed by atoms with Gasteiger partial charge < -0.3 is 5.32 Å². The lowest BCUT2D eigenvalue weighted by Gasteiger charge is -2.16. The maximum absolute atomic E-state index is 4.56. The van der Waals surface area contributed by atoms with E-state index < -0.39 is 0 Å². The molecule has 0 unspecified atom stereocenters. The van der Waals surface area contributed by atoms with E-state index in [0.717, 1.165) is 17.8 Å². The zero-order valence-corrected chi connectivity index (χ0v) is 12.4. The van der Waals surface area contributed by atoms with E-state index in [9.17, 15) is 0 Å². The van der Waals surface area contributed by atoms with Crippen molar-refractivity contribution in [3.8, 4) is 0 Å². The number of rotatable bonds is 3. The molecule has 1 saturated carbocycles. The first-order valence-corrected chi connectivity index (χ1v) is 7.91. The predicted octanol–water partition coefficient (Wildman–Crippen LogP) is 4.36. The fourth-order valence-electron chi connectivity index (χ4n) is 3.13. The van der Waals surface area contributed by atoms with Crippen molar-refractivity contribution in [3.63, 3.8) is 0 Å². The number of nitrogens with zero attached hydrogens (tertiary/aromatic N) is 1. The lowest BCUT2D eigenvalue weighted by molar-refractivity contribution is 0.459. The van der Waals surface area contributed by atoms with Crippen molar-refractivity contribution >= 4 is 10.9 Å². The molecule has 106 valence electrons. The van der Waals surface area contributed by atoms with Crippen molar-refractivity contribution in [1.82, 2.24) is 10.3 Å². The van der Waals surface area contributed by atoms with Crippen molar-refractivity contribution in [2.45, 2.75) is 58.0 Å². The number of fused-ring (bicyclic) bond motifs is 1. The third-order valence-electron chi connectivity index (χ3n) is 4.34. The first-order chi connectivity index (χ1) is 9.81. The molecule has 1 aromatic heterocycles. The molecular weight excluding hydrogens is 244 g/mol. The first-order valence-electron chi connectivity index (χ1n) is 7.91. The number of hydrogen-bond acceptors (Lipinski definition) is 2. The van der Waals surface area contributed by atoms with Crippen LogP contribution >= 0.6 is 0 Å². The molecule has 1 aliphatic rings. The standard InChI is InChI=1S/C18H24N2/c1-14-8-10-16-12-15(9-11-18(16)20-14)13-19-17-6-4-2-3-5-7-17/h8-12,17,19H,2-7,13H2,1H3. The van der Waals surface area contributed by atoms with Gasteiger partial charge in [-0.2, -0.15) is 0 Å². The largest absolute Gasteiger partial charge is 0.310 e. The Kier molecular flexibility index (Phi) is 4.31. The highest BCUT2D eigenvalue weighted by molar-refractivity contribution is 5.79. The average Bonchev–Trinajstić information content (AvgIpc) is 2.73. The molecule has 1 aromatic carbocycles. The van der Waals surface area contributed by atoms with E-state index in [2.05, 4.69) is 40.6 Å². The normalized spacial score (nSPS) is 17.2. The highest BCUT2D eigenvalue weighted by Gasteiger charge is 2.11. The van der Waals surface area contributed by atoms with Gasteiger partial charge in [-0.15, -0.1) is 0 Å². The van der Waals surface area contributed by atoms with Gasteiger partial charge in [0.05, 0.1) is 5.52 Å². The maximum atomic E-state index is 4.56. The van der Waals surface area contributed by atoms with Gasteiger partial charge in [-0.05, 0) is 43.5 Å². The monoisotopic (exact) mass is 268 g/mol. The molecule has 0 spiro atoms. The summed E-state index contributed by atoms with van der Waals surface area (Å²) in [7, 11) is 0. The van der Waals surface area contributed by atoms with Gasteiger partial charge in [0.15, 0.2) is 0 Å². The SMILES string of the molecule is Cc1ccc2cc(CNC3CCCCCC3)ccc2n1. The van der Waals surface area contributed by atoms with E-state index >= 15 is 0 Å². The minimum absolute atomic E-state index is 0.712. The molecule has 0 amide bonds. The first kappa shape index (κ1) is 13.6. The van der Waals surface area contributed by atoms with E-state index in [1.54, 1.807) is 0 Å². The second-order valence-corrected chi connectivity index (χ2v) is 6.05. The topological polar surface area (TPSA) is 24.9 Å². The molecule has 0 bridgehead atoms. The Morgan fingerprint density at radius 1 is 1.05 bits per heavy atom. The van der Waals surface area contributed by atoms with Gasteiger partial charge in [0.2, 0.25) is 0 Å². The van der Waals surface area contributed by atoms with Crippen LogP contribution in [-0.4, -0.2) is 11.0 Å². The molecular formula is C18H24N2. The summed E-state index contributed by atoms with van der Waals surface area (Å²) >= 11 is 0. The van der Waals surface area contributed by atoms with E-state index in [-0.39, 0.29) is 0 Å². The van der Waals surface area contributed by atoms with Gasteiger partial charge in [0.25, 0.3) is 0 Å². The number of benzene rings is 1. The highest BCUT2D eigenvalue weighted by atomic mass is 14.9. The Labute approximate surface area is 121 Å². The van der Waals surface area contributed by atoms with Crippen LogP contribution in [0.1, 0.15) is 49.8 Å². The third kappa shape index (κ3) is 3.37. The van der Waals surface area contributed by atoms with E-state index in [0.29, 0.717) is 6.04 Å². The smallest absolute Gasteiger partial charge is 0.0705 e. The zero-order valence-electron chi connectivity index (χ0n) is 12.4. The molecule has 1 heterocycles. The van der Waals surface area contributed by atoms with Crippen LogP contribution in [0.2, 0.25) is 0 Å². The quantitative estimate of drug-likeness (QED) is 0.837. The summed E-state index contributed by atoms with van der Waals surface area (Å²) in [6.45, 7) is 3.02. The van der Waals surface area contributed by atoms with E-state index in [4.69, 9.17) is 0 Å². The van der Waals surface area contributed by atoms with Crippen LogP contribution in [0.25, 0.3) is 10.9 Å². The minimum atomic E-state index is 0.712. The van der Waals surface area contributed by atoms with Crippen molar-refractivity contribution in [2.75, 3.05) is 0 Å². The zero-order chi connectivity index (χ0) is 13.8. The summed E-state index contributed by atoms with van der Waals surface area (Å²) in [5.74, 6) is 0. The maximum Gasteiger partial charge on any atom is 0.0705 e. The molecule has 0 saturated heterocycles. The van der Waals surface area contributed by atoms with Crippen LogP contribution < -0.4 is 5.32 Å². The van der Waals surface area contributed by atoms with E-state index in [1.165, 1.54) is 49.5 Å². The summed E-state index contributed by atoms with van der Waals surface area (Å²) in [4.78, 5) is 4.56. The van der Waals surface area contributed by atoms with Crippen molar-refractivity contribution in [1.29, 1.82) is 0 Å². The fraction of sp³-hybridized carbons (Fsp3) is 0.500. The Balaban J connectivity index is 1.66. The molecule has 2 heteroatoms. The van der Waals surface area contributed by atoms with Gasteiger partial charge in [-0.1, -0.05) is 37.8 Å². The minimum Gasteiger partial charge on any atom is -0.310 e. The summed E-state index contributed by atoms with van der Waals surface area (Å²) in [6, 6.07) is 11.6. The van der Waals surface area contributed by atoms with Gasteiger partial charge in [-0.3, -0.25) is 4.98 Å². The van der Waals surface area contributed by atoms with Gasteiger partial charge >= 0.3 is 0 Å². The molecule has 1 fully saturated rings. The van der Waals surface area contributed by atoms with Gasteiger partial charge in [0, 0.05) is 23.7 Å². The summed E-state index contributed by atoms with van der Waals surface area (Å²) in [5.41, 5.74) is 3.55. The second kappa shape index (κ2) is 6.36.